The number of carboxylic acid groups (broad SMARTS) is 1. The zero-order valence-corrected chi connectivity index (χ0v) is 4.77. The lowest BCUT2D eigenvalue weighted by molar-refractivity contribution is -0.201. The van der Waals surface area contributed by atoms with Crippen molar-refractivity contribution in [3.8, 4) is 0 Å². The van der Waals surface area contributed by atoms with Gasteiger partial charge in [-0.15, -0.1) is 0 Å². The SMILES string of the molecule is CC(O)(C(=O)O)C(O)O. The van der Waals surface area contributed by atoms with E-state index in [1.54, 1.807) is 0 Å². The van der Waals surface area contributed by atoms with Crippen LogP contribution in [0.15, 0.2) is 0 Å². The van der Waals surface area contributed by atoms with Crippen molar-refractivity contribution in [2.24, 2.45) is 0 Å². The van der Waals surface area contributed by atoms with Gasteiger partial charge in [0.1, 0.15) is 0 Å². The fourth-order valence-electron chi connectivity index (χ4n) is 0.110. The van der Waals surface area contributed by atoms with Crippen molar-refractivity contribution in [3.63, 3.8) is 0 Å². The van der Waals surface area contributed by atoms with Gasteiger partial charge in [-0.2, -0.15) is 0 Å². The van der Waals surface area contributed by atoms with Crippen LogP contribution < -0.4 is 0 Å². The van der Waals surface area contributed by atoms with Crippen molar-refractivity contribution in [1.82, 2.24) is 0 Å². The molecule has 0 aromatic heterocycles. The van der Waals surface area contributed by atoms with Crippen LogP contribution in [0.25, 0.3) is 0 Å². The molecular formula is C4H8O5. The maximum Gasteiger partial charge on any atom is 0.340 e. The summed E-state index contributed by atoms with van der Waals surface area (Å²) < 4.78 is 0. The number of aliphatic carboxylic acids is 1. The van der Waals surface area contributed by atoms with Gasteiger partial charge in [0.2, 0.25) is 5.60 Å². The molecule has 54 valence electrons. The standard InChI is InChI=1S/C4H8O5/c1-4(9,2(5)6)3(7)8/h2,5-6,9H,1H3,(H,7,8). The van der Waals surface area contributed by atoms with Crippen LogP contribution in [0.1, 0.15) is 6.92 Å². The van der Waals surface area contributed by atoms with E-state index >= 15 is 0 Å². The summed E-state index contributed by atoms with van der Waals surface area (Å²) in [4.78, 5) is 9.89. The van der Waals surface area contributed by atoms with Gasteiger partial charge in [-0.05, 0) is 6.92 Å². The fraction of sp³-hybridized carbons (Fsp3) is 0.750. The molecule has 5 heteroatoms. The topological polar surface area (TPSA) is 98.0 Å². The van der Waals surface area contributed by atoms with Gasteiger partial charge in [-0.1, -0.05) is 0 Å². The molecule has 0 saturated carbocycles. The first-order valence-corrected chi connectivity index (χ1v) is 2.21. The second kappa shape index (κ2) is 2.30. The summed E-state index contributed by atoms with van der Waals surface area (Å²) in [5.74, 6) is -1.67. The third-order valence-electron chi connectivity index (χ3n) is 0.936. The number of aliphatic hydroxyl groups excluding tert-OH is 1. The summed E-state index contributed by atoms with van der Waals surface area (Å²) in [7, 11) is 0. The minimum Gasteiger partial charge on any atom is -0.479 e. The lowest BCUT2D eigenvalue weighted by Gasteiger charge is -2.18. The molecule has 0 radical (unpaired) electrons. The molecule has 0 amide bonds. The number of carboxylic acids is 1. The first-order valence-electron chi connectivity index (χ1n) is 2.21. The molecule has 5 nitrogen and oxygen atoms in total. The Balaban J connectivity index is 4.19. The third kappa shape index (κ3) is 1.63. The van der Waals surface area contributed by atoms with Gasteiger partial charge in [0, 0.05) is 0 Å². The van der Waals surface area contributed by atoms with E-state index in [1.165, 1.54) is 0 Å². The van der Waals surface area contributed by atoms with E-state index in [0.29, 0.717) is 0 Å². The van der Waals surface area contributed by atoms with Gasteiger partial charge in [0.05, 0.1) is 0 Å². The zero-order valence-electron chi connectivity index (χ0n) is 4.77. The van der Waals surface area contributed by atoms with E-state index in [1.807, 2.05) is 0 Å². The van der Waals surface area contributed by atoms with Crippen molar-refractivity contribution in [2.75, 3.05) is 0 Å². The van der Waals surface area contributed by atoms with E-state index in [-0.39, 0.29) is 0 Å². The molecule has 9 heavy (non-hydrogen) atoms. The normalized spacial score (nSPS) is 17.4. The lowest BCUT2D eigenvalue weighted by atomic mass is 10.1. The van der Waals surface area contributed by atoms with Crippen molar-refractivity contribution in [3.05, 3.63) is 0 Å². The highest BCUT2D eigenvalue weighted by molar-refractivity contribution is 5.76. The molecule has 0 bridgehead atoms. The Hall–Kier alpha value is -0.650. The number of rotatable bonds is 2. The predicted octanol–water partition coefficient (Wildman–Crippen LogP) is -1.87. The van der Waals surface area contributed by atoms with E-state index in [0.717, 1.165) is 6.92 Å². The molecular weight excluding hydrogens is 128 g/mol. The average molecular weight is 136 g/mol. The van der Waals surface area contributed by atoms with Crippen LogP contribution in [-0.2, 0) is 4.79 Å². The van der Waals surface area contributed by atoms with Crippen LogP contribution in [0.5, 0.6) is 0 Å². The fourth-order valence-corrected chi connectivity index (χ4v) is 0.110. The Labute approximate surface area is 51.2 Å². The summed E-state index contributed by atoms with van der Waals surface area (Å²) in [5, 5.41) is 33.0. The molecule has 0 fully saturated rings. The summed E-state index contributed by atoms with van der Waals surface area (Å²) in [6.45, 7) is 0.792. The minimum atomic E-state index is -2.47. The van der Waals surface area contributed by atoms with Crippen LogP contribution in [-0.4, -0.2) is 38.3 Å². The first kappa shape index (κ1) is 8.35. The number of hydrogen-bond acceptors (Lipinski definition) is 4. The zero-order chi connectivity index (χ0) is 7.65. The average Bonchev–Trinajstić information content (AvgIpc) is 1.65. The Morgan fingerprint density at radius 1 is 1.56 bits per heavy atom. The largest absolute Gasteiger partial charge is 0.479 e. The Bertz CT molecular complexity index is 116. The van der Waals surface area contributed by atoms with Crippen LogP contribution in [0.4, 0.5) is 0 Å². The van der Waals surface area contributed by atoms with E-state index < -0.39 is 17.9 Å². The summed E-state index contributed by atoms with van der Waals surface area (Å²) in [6.07, 6.45) is -2.25. The second-order valence-corrected chi connectivity index (χ2v) is 1.83. The highest BCUT2D eigenvalue weighted by Crippen LogP contribution is 2.06. The lowest BCUT2D eigenvalue weighted by Crippen LogP contribution is -2.46. The van der Waals surface area contributed by atoms with Crippen molar-refractivity contribution in [1.29, 1.82) is 0 Å². The molecule has 1 atom stereocenters. The summed E-state index contributed by atoms with van der Waals surface area (Å²) in [5.41, 5.74) is -2.47. The second-order valence-electron chi connectivity index (χ2n) is 1.83. The van der Waals surface area contributed by atoms with Crippen LogP contribution in [0.3, 0.4) is 0 Å². The first-order chi connectivity index (χ1) is 3.89. The molecule has 0 aliphatic carbocycles. The molecule has 0 rings (SSSR count). The molecule has 0 aliphatic rings. The van der Waals surface area contributed by atoms with Gasteiger partial charge in [0.25, 0.3) is 0 Å². The molecule has 0 heterocycles. The van der Waals surface area contributed by atoms with Crippen LogP contribution in [0, 0.1) is 0 Å². The summed E-state index contributed by atoms with van der Waals surface area (Å²) >= 11 is 0. The molecule has 0 aromatic rings. The highest BCUT2D eigenvalue weighted by Gasteiger charge is 2.37. The van der Waals surface area contributed by atoms with Gasteiger partial charge in [0.15, 0.2) is 6.29 Å². The predicted molar refractivity (Wildman–Crippen MR) is 26.5 cm³/mol. The van der Waals surface area contributed by atoms with Gasteiger partial charge in [-0.3, -0.25) is 0 Å². The smallest absolute Gasteiger partial charge is 0.340 e. The maximum absolute atomic E-state index is 9.89. The Kier molecular flexibility index (Phi) is 2.13. The Morgan fingerprint density at radius 3 is 1.89 bits per heavy atom. The highest BCUT2D eigenvalue weighted by atomic mass is 16.5. The Morgan fingerprint density at radius 2 is 1.89 bits per heavy atom. The summed E-state index contributed by atoms with van der Waals surface area (Å²) in [6, 6.07) is 0. The van der Waals surface area contributed by atoms with E-state index in [2.05, 4.69) is 0 Å². The van der Waals surface area contributed by atoms with Gasteiger partial charge >= 0.3 is 5.97 Å². The van der Waals surface area contributed by atoms with Gasteiger partial charge in [-0.25, -0.2) is 4.79 Å². The molecule has 0 saturated heterocycles. The van der Waals surface area contributed by atoms with Gasteiger partial charge < -0.3 is 20.4 Å². The molecule has 1 unspecified atom stereocenters. The van der Waals surface area contributed by atoms with E-state index in [9.17, 15) is 4.79 Å². The number of aliphatic hydroxyl groups is 3. The molecule has 0 aliphatic heterocycles. The maximum atomic E-state index is 9.89. The van der Waals surface area contributed by atoms with Crippen molar-refractivity contribution >= 4 is 5.97 Å². The third-order valence-corrected chi connectivity index (χ3v) is 0.936. The van der Waals surface area contributed by atoms with Crippen molar-refractivity contribution in [2.45, 2.75) is 18.8 Å². The van der Waals surface area contributed by atoms with Crippen LogP contribution in [0.2, 0.25) is 0 Å². The number of hydrogen-bond donors (Lipinski definition) is 4. The van der Waals surface area contributed by atoms with Crippen molar-refractivity contribution < 1.29 is 25.2 Å². The monoisotopic (exact) mass is 136 g/mol. The molecule has 4 N–H and O–H groups in total. The van der Waals surface area contributed by atoms with E-state index in [4.69, 9.17) is 20.4 Å². The quantitative estimate of drug-likeness (QED) is 0.333. The number of carbonyl (C=O) groups is 1. The van der Waals surface area contributed by atoms with Crippen LogP contribution >= 0.6 is 0 Å². The minimum absolute atomic E-state index is 0.792. The molecule has 0 aromatic carbocycles. The molecule has 0 spiro atoms.